The van der Waals surface area contributed by atoms with E-state index in [2.05, 4.69) is 30.9 Å². The van der Waals surface area contributed by atoms with E-state index in [1.165, 1.54) is 6.33 Å². The lowest BCUT2D eigenvalue weighted by Crippen LogP contribution is -2.10. The quantitative estimate of drug-likeness (QED) is 0.647. The monoisotopic (exact) mass is 297 g/mol. The second-order valence-corrected chi connectivity index (χ2v) is 4.66. The van der Waals surface area contributed by atoms with Gasteiger partial charge in [0.2, 0.25) is 0 Å². The van der Waals surface area contributed by atoms with Gasteiger partial charge in [-0.25, -0.2) is 9.97 Å². The van der Waals surface area contributed by atoms with Crippen molar-refractivity contribution in [1.29, 1.82) is 0 Å². The fraction of sp³-hybridized carbons (Fsp3) is 0.100. The Morgan fingerprint density at radius 3 is 3.12 bits per heavy atom. The first-order chi connectivity index (χ1) is 7.66. The lowest BCUT2D eigenvalue weighted by molar-refractivity contribution is 1.04. The summed E-state index contributed by atoms with van der Waals surface area (Å²) in [5.74, 6) is 0. The molecule has 2 aromatic heterocycles. The van der Waals surface area contributed by atoms with E-state index in [0.717, 1.165) is 11.3 Å². The molecule has 1 aliphatic rings. The molecule has 2 aromatic rings. The van der Waals surface area contributed by atoms with E-state index in [1.807, 2.05) is 6.07 Å². The highest BCUT2D eigenvalue weighted by Gasteiger charge is 2.25. The Bertz CT molecular complexity index is 653. The normalized spacial score (nSPS) is 12.4. The number of nitrogens with one attached hydrogen (secondary N) is 1. The minimum atomic E-state index is -0.162. The Kier molecular flexibility index (Phi) is 2.12. The molecule has 0 radical (unpaired) electrons. The second-order valence-electron chi connectivity index (χ2n) is 3.50. The summed E-state index contributed by atoms with van der Waals surface area (Å²) in [5.41, 5.74) is 2.74. The summed E-state index contributed by atoms with van der Waals surface area (Å²) in [6.45, 7) is 0. The number of hydrogen-bond acceptors (Lipinski definition) is 3. The minimum absolute atomic E-state index is 0.162. The molecule has 1 N–H and O–H groups in total. The third-order valence-electron chi connectivity index (χ3n) is 2.54. The lowest BCUT2D eigenvalue weighted by atomic mass is 10.2. The number of hydrogen-bond donors (Lipinski definition) is 1. The zero-order chi connectivity index (χ0) is 11.3. The molecule has 0 saturated heterocycles. The fourth-order valence-corrected chi connectivity index (χ4v) is 2.32. The van der Waals surface area contributed by atoms with Crippen molar-refractivity contribution in [3.05, 3.63) is 43.6 Å². The smallest absolute Gasteiger partial charge is 0.260 e. The molecule has 2 heterocycles. The molecule has 0 atom stereocenters. The second kappa shape index (κ2) is 3.40. The van der Waals surface area contributed by atoms with Crippen molar-refractivity contribution in [3.8, 4) is 11.3 Å². The van der Waals surface area contributed by atoms with E-state index >= 15 is 0 Å². The summed E-state index contributed by atoms with van der Waals surface area (Å²) in [5, 5.41) is 0.544. The van der Waals surface area contributed by atoms with Crippen molar-refractivity contribution in [2.24, 2.45) is 0 Å². The highest BCUT2D eigenvalue weighted by Crippen LogP contribution is 2.35. The first kappa shape index (κ1) is 9.99. The molecule has 0 saturated carbocycles. The van der Waals surface area contributed by atoms with Gasteiger partial charge < -0.3 is 4.98 Å². The molecule has 0 fully saturated rings. The van der Waals surface area contributed by atoms with Gasteiger partial charge >= 0.3 is 0 Å². The van der Waals surface area contributed by atoms with Gasteiger partial charge in [0.25, 0.3) is 5.56 Å². The Hall–Kier alpha value is -1.20. The highest BCUT2D eigenvalue weighted by molar-refractivity contribution is 9.10. The molecule has 0 amide bonds. The molecule has 0 aliphatic heterocycles. The number of aromatic nitrogens is 3. The SMILES string of the molecule is O=c1[nH]cnc2c1-c1nc(Br)c(Cl)cc1C2. The van der Waals surface area contributed by atoms with Crippen LogP contribution >= 0.6 is 27.5 Å². The maximum Gasteiger partial charge on any atom is 0.260 e. The largest absolute Gasteiger partial charge is 0.313 e. The van der Waals surface area contributed by atoms with Gasteiger partial charge in [-0.15, -0.1) is 0 Å². The number of fused-ring (bicyclic) bond motifs is 3. The zero-order valence-electron chi connectivity index (χ0n) is 7.92. The van der Waals surface area contributed by atoms with Crippen LogP contribution in [0, 0.1) is 0 Å². The summed E-state index contributed by atoms with van der Waals surface area (Å²) in [7, 11) is 0. The average Bonchev–Trinajstić information content (AvgIpc) is 2.58. The van der Waals surface area contributed by atoms with Gasteiger partial charge in [-0.2, -0.15) is 0 Å². The topological polar surface area (TPSA) is 58.6 Å². The molecule has 16 heavy (non-hydrogen) atoms. The van der Waals surface area contributed by atoms with Crippen LogP contribution in [0.5, 0.6) is 0 Å². The molecular formula is C10H5BrClN3O. The van der Waals surface area contributed by atoms with Crippen molar-refractivity contribution in [3.63, 3.8) is 0 Å². The predicted molar refractivity (Wildman–Crippen MR) is 63.6 cm³/mol. The van der Waals surface area contributed by atoms with E-state index in [4.69, 9.17) is 11.6 Å². The van der Waals surface area contributed by atoms with Crippen LogP contribution in [0.15, 0.2) is 21.8 Å². The molecule has 4 nitrogen and oxygen atoms in total. The van der Waals surface area contributed by atoms with Crippen LogP contribution in [0.4, 0.5) is 0 Å². The van der Waals surface area contributed by atoms with Crippen molar-refractivity contribution in [1.82, 2.24) is 15.0 Å². The number of halogens is 2. The number of nitrogens with zero attached hydrogens (tertiary/aromatic N) is 2. The van der Waals surface area contributed by atoms with Gasteiger partial charge in [0.05, 0.1) is 28.3 Å². The third-order valence-corrected chi connectivity index (χ3v) is 3.66. The third kappa shape index (κ3) is 1.32. The van der Waals surface area contributed by atoms with Gasteiger partial charge in [-0.3, -0.25) is 4.79 Å². The van der Waals surface area contributed by atoms with Crippen molar-refractivity contribution < 1.29 is 0 Å². The van der Waals surface area contributed by atoms with Gasteiger partial charge in [-0.1, -0.05) is 11.6 Å². The van der Waals surface area contributed by atoms with E-state index in [9.17, 15) is 4.79 Å². The number of aromatic amines is 1. The highest BCUT2D eigenvalue weighted by atomic mass is 79.9. The molecule has 80 valence electrons. The Morgan fingerprint density at radius 1 is 1.50 bits per heavy atom. The van der Waals surface area contributed by atoms with E-state index in [1.54, 1.807) is 0 Å². The van der Waals surface area contributed by atoms with E-state index in [-0.39, 0.29) is 5.56 Å². The van der Waals surface area contributed by atoms with Crippen molar-refractivity contribution in [2.75, 3.05) is 0 Å². The predicted octanol–water partition coefficient (Wildman–Crippen LogP) is 2.15. The number of rotatable bonds is 0. The molecule has 0 bridgehead atoms. The van der Waals surface area contributed by atoms with Crippen molar-refractivity contribution >= 4 is 27.5 Å². The Morgan fingerprint density at radius 2 is 2.31 bits per heavy atom. The summed E-state index contributed by atoms with van der Waals surface area (Å²) in [6, 6.07) is 1.81. The number of pyridine rings is 1. The van der Waals surface area contributed by atoms with Gasteiger partial charge in [0.15, 0.2) is 0 Å². The summed E-state index contributed by atoms with van der Waals surface area (Å²) >= 11 is 9.21. The number of H-pyrrole nitrogens is 1. The van der Waals surface area contributed by atoms with E-state index in [0.29, 0.717) is 27.3 Å². The first-order valence-corrected chi connectivity index (χ1v) is 5.76. The zero-order valence-corrected chi connectivity index (χ0v) is 10.3. The standard InChI is InChI=1S/C10H5BrClN3O/c11-9-5(12)1-4-2-6-7(8(4)15-9)10(16)14-3-13-6/h1,3H,2H2,(H,13,14,16). The van der Waals surface area contributed by atoms with Crippen LogP contribution in [0.3, 0.4) is 0 Å². The summed E-state index contributed by atoms with van der Waals surface area (Å²) in [4.78, 5) is 22.7. The van der Waals surface area contributed by atoms with Gasteiger partial charge in [0.1, 0.15) is 4.60 Å². The summed E-state index contributed by atoms with van der Waals surface area (Å²) in [6.07, 6.45) is 2.01. The lowest BCUT2D eigenvalue weighted by Gasteiger charge is -2.00. The van der Waals surface area contributed by atoms with Gasteiger partial charge in [-0.05, 0) is 27.6 Å². The van der Waals surface area contributed by atoms with Crippen molar-refractivity contribution in [2.45, 2.75) is 6.42 Å². The van der Waals surface area contributed by atoms with Crippen LogP contribution < -0.4 is 5.56 Å². The van der Waals surface area contributed by atoms with Crippen LogP contribution in [0.1, 0.15) is 11.3 Å². The Labute approximate surface area is 104 Å². The fourth-order valence-electron chi connectivity index (χ4n) is 1.85. The minimum Gasteiger partial charge on any atom is -0.313 e. The maximum atomic E-state index is 11.7. The first-order valence-electron chi connectivity index (χ1n) is 4.58. The van der Waals surface area contributed by atoms with Crippen LogP contribution in [-0.4, -0.2) is 15.0 Å². The molecule has 3 rings (SSSR count). The van der Waals surface area contributed by atoms with E-state index < -0.39 is 0 Å². The maximum absolute atomic E-state index is 11.7. The molecular weight excluding hydrogens is 293 g/mol. The summed E-state index contributed by atoms with van der Waals surface area (Å²) < 4.78 is 0.545. The molecule has 0 spiro atoms. The van der Waals surface area contributed by atoms with Crippen LogP contribution in [0.2, 0.25) is 5.02 Å². The molecule has 0 aromatic carbocycles. The average molecular weight is 299 g/mol. The van der Waals surface area contributed by atoms with Gasteiger partial charge in [0, 0.05) is 6.42 Å². The van der Waals surface area contributed by atoms with Crippen LogP contribution in [0.25, 0.3) is 11.3 Å². The molecule has 6 heteroatoms. The Balaban J connectivity index is 2.37. The molecule has 0 unspecified atom stereocenters. The van der Waals surface area contributed by atoms with Crippen LogP contribution in [-0.2, 0) is 6.42 Å². The molecule has 1 aliphatic carbocycles.